The Balaban J connectivity index is 2.66. The molecule has 0 aliphatic rings. The molecule has 2 aromatic rings. The molecule has 4 heteroatoms. The van der Waals surface area contributed by atoms with Crippen LogP contribution in [0.25, 0.3) is 11.3 Å². The Labute approximate surface area is 92.5 Å². The van der Waals surface area contributed by atoms with E-state index < -0.39 is 0 Å². The number of benzene rings is 1. The van der Waals surface area contributed by atoms with Crippen LogP contribution in [0, 0.1) is 12.7 Å². The third kappa shape index (κ3) is 1.74. The zero-order valence-electron chi connectivity index (χ0n) is 9.07. The highest BCUT2D eigenvalue weighted by atomic mass is 19.1. The molecule has 0 saturated heterocycles. The second-order valence-electron chi connectivity index (χ2n) is 3.71. The number of rotatable bonds is 2. The quantitative estimate of drug-likeness (QED) is 0.725. The van der Waals surface area contributed by atoms with Gasteiger partial charge in [0.05, 0.1) is 5.56 Å². The number of aldehydes is 1. The van der Waals surface area contributed by atoms with Crippen molar-refractivity contribution >= 4 is 6.29 Å². The van der Waals surface area contributed by atoms with Gasteiger partial charge < -0.3 is 0 Å². The molecular weight excluding hydrogens is 207 g/mol. The number of hydrogen-bond donors (Lipinski definition) is 0. The van der Waals surface area contributed by atoms with Crippen molar-refractivity contribution in [2.24, 2.45) is 7.05 Å². The summed E-state index contributed by atoms with van der Waals surface area (Å²) in [5.74, 6) is -0.368. The monoisotopic (exact) mass is 218 g/mol. The molecule has 1 aromatic heterocycles. The fraction of sp³-hybridized carbons (Fsp3) is 0.167. The van der Waals surface area contributed by atoms with Gasteiger partial charge in [-0.25, -0.2) is 4.39 Å². The summed E-state index contributed by atoms with van der Waals surface area (Å²) in [7, 11) is 1.70. The van der Waals surface area contributed by atoms with E-state index in [2.05, 4.69) is 5.10 Å². The first-order valence-corrected chi connectivity index (χ1v) is 4.87. The van der Waals surface area contributed by atoms with Crippen LogP contribution < -0.4 is 0 Å². The fourth-order valence-electron chi connectivity index (χ4n) is 1.62. The minimum Gasteiger partial charge on any atom is -0.298 e. The maximum Gasteiger partial charge on any atom is 0.153 e. The Morgan fingerprint density at radius 2 is 2.19 bits per heavy atom. The molecule has 3 nitrogen and oxygen atoms in total. The van der Waals surface area contributed by atoms with E-state index in [1.165, 1.54) is 10.7 Å². The smallest absolute Gasteiger partial charge is 0.153 e. The molecule has 2 rings (SSSR count). The molecule has 1 heterocycles. The second-order valence-corrected chi connectivity index (χ2v) is 3.71. The Bertz CT molecular complexity index is 546. The van der Waals surface area contributed by atoms with Crippen LogP contribution in [0.5, 0.6) is 0 Å². The zero-order valence-corrected chi connectivity index (χ0v) is 9.07. The predicted octanol–water partition coefficient (Wildman–Crippen LogP) is 2.35. The van der Waals surface area contributed by atoms with E-state index in [9.17, 15) is 9.18 Å². The number of halogens is 1. The first-order valence-electron chi connectivity index (χ1n) is 4.87. The van der Waals surface area contributed by atoms with E-state index in [0.29, 0.717) is 23.1 Å². The average molecular weight is 218 g/mol. The third-order valence-corrected chi connectivity index (χ3v) is 2.36. The molecule has 82 valence electrons. The van der Waals surface area contributed by atoms with Gasteiger partial charge in [0.15, 0.2) is 6.29 Å². The molecule has 0 spiro atoms. The number of carbonyl (C=O) groups excluding carboxylic acids is 1. The lowest BCUT2D eigenvalue weighted by Crippen LogP contribution is -1.91. The van der Waals surface area contributed by atoms with E-state index >= 15 is 0 Å². The highest BCUT2D eigenvalue weighted by molar-refractivity contribution is 5.85. The lowest BCUT2D eigenvalue weighted by Gasteiger charge is -2.01. The summed E-state index contributed by atoms with van der Waals surface area (Å²) in [6, 6.07) is 4.75. The van der Waals surface area contributed by atoms with E-state index in [1.807, 2.05) is 6.92 Å². The summed E-state index contributed by atoms with van der Waals surface area (Å²) < 4.78 is 15.1. The van der Waals surface area contributed by atoms with Crippen molar-refractivity contribution < 1.29 is 9.18 Å². The zero-order chi connectivity index (χ0) is 11.7. The molecule has 0 saturated carbocycles. The first-order chi connectivity index (χ1) is 7.61. The largest absolute Gasteiger partial charge is 0.298 e. The van der Waals surface area contributed by atoms with E-state index in [1.54, 1.807) is 25.4 Å². The molecule has 0 bridgehead atoms. The summed E-state index contributed by atoms with van der Waals surface area (Å²) in [6.07, 6.45) is 2.26. The molecule has 0 unspecified atom stereocenters. The molecule has 0 amide bonds. The number of carbonyl (C=O) groups is 1. The minimum absolute atomic E-state index is 0.364. The third-order valence-electron chi connectivity index (χ3n) is 2.36. The molecule has 0 aliphatic carbocycles. The van der Waals surface area contributed by atoms with Crippen LogP contribution in [0.4, 0.5) is 4.39 Å². The Morgan fingerprint density at radius 3 is 2.88 bits per heavy atom. The predicted molar refractivity (Wildman–Crippen MR) is 58.7 cm³/mol. The number of nitrogens with zero attached hydrogens (tertiary/aromatic N) is 2. The fourth-order valence-corrected chi connectivity index (χ4v) is 1.62. The Morgan fingerprint density at radius 1 is 1.44 bits per heavy atom. The molecule has 0 aliphatic heterocycles. The van der Waals surface area contributed by atoms with Crippen LogP contribution in [0.1, 0.15) is 15.9 Å². The molecule has 1 aromatic carbocycles. The average Bonchev–Trinajstić information content (AvgIpc) is 2.63. The highest BCUT2D eigenvalue weighted by Gasteiger charge is 2.13. The highest BCUT2D eigenvalue weighted by Crippen LogP contribution is 2.24. The lowest BCUT2D eigenvalue weighted by atomic mass is 10.1. The van der Waals surface area contributed by atoms with Gasteiger partial charge in [-0.2, -0.15) is 5.10 Å². The van der Waals surface area contributed by atoms with Crippen LogP contribution in [-0.2, 0) is 7.05 Å². The molecule has 0 atom stereocenters. The Kier molecular flexibility index (Phi) is 2.56. The van der Waals surface area contributed by atoms with E-state index in [4.69, 9.17) is 0 Å². The van der Waals surface area contributed by atoms with E-state index in [-0.39, 0.29) is 5.82 Å². The van der Waals surface area contributed by atoms with Gasteiger partial charge in [0.1, 0.15) is 11.5 Å². The van der Waals surface area contributed by atoms with Crippen molar-refractivity contribution in [3.63, 3.8) is 0 Å². The summed E-state index contributed by atoms with van der Waals surface area (Å²) in [5.41, 5.74) is 2.08. The van der Waals surface area contributed by atoms with Gasteiger partial charge in [-0.3, -0.25) is 9.48 Å². The first kappa shape index (κ1) is 10.5. The van der Waals surface area contributed by atoms with Gasteiger partial charge in [0.25, 0.3) is 0 Å². The molecule has 0 N–H and O–H groups in total. The number of aromatic nitrogens is 2. The van der Waals surface area contributed by atoms with Crippen molar-refractivity contribution in [1.29, 1.82) is 0 Å². The van der Waals surface area contributed by atoms with Crippen LogP contribution in [0.2, 0.25) is 0 Å². The van der Waals surface area contributed by atoms with Gasteiger partial charge >= 0.3 is 0 Å². The van der Waals surface area contributed by atoms with Gasteiger partial charge in [0.2, 0.25) is 0 Å². The Hall–Kier alpha value is -1.97. The van der Waals surface area contributed by atoms with Crippen LogP contribution in [0.3, 0.4) is 0 Å². The van der Waals surface area contributed by atoms with Crippen LogP contribution >= 0.6 is 0 Å². The van der Waals surface area contributed by atoms with Gasteiger partial charge in [0, 0.05) is 18.8 Å². The van der Waals surface area contributed by atoms with Crippen molar-refractivity contribution in [2.45, 2.75) is 6.92 Å². The van der Waals surface area contributed by atoms with Crippen molar-refractivity contribution in [2.75, 3.05) is 0 Å². The summed E-state index contributed by atoms with van der Waals surface area (Å²) in [6.45, 7) is 1.87. The second kappa shape index (κ2) is 3.89. The maximum absolute atomic E-state index is 13.6. The summed E-state index contributed by atoms with van der Waals surface area (Å²) in [5, 5.41) is 4.10. The SMILES string of the molecule is Cc1ccc(F)c(-c2nn(C)cc2C=O)c1. The standard InChI is InChI=1S/C12H11FN2O/c1-8-3-4-11(13)10(5-8)12-9(7-16)6-15(2)14-12/h3-7H,1-2H3. The molecule has 0 radical (unpaired) electrons. The van der Waals surface area contributed by atoms with Crippen LogP contribution in [0.15, 0.2) is 24.4 Å². The summed E-state index contributed by atoms with van der Waals surface area (Å²) in [4.78, 5) is 10.8. The van der Waals surface area contributed by atoms with Crippen molar-refractivity contribution in [3.8, 4) is 11.3 Å². The van der Waals surface area contributed by atoms with Crippen molar-refractivity contribution in [1.82, 2.24) is 9.78 Å². The number of aryl methyl sites for hydroxylation is 2. The number of hydrogen-bond acceptors (Lipinski definition) is 2. The van der Waals surface area contributed by atoms with Gasteiger partial charge in [-0.15, -0.1) is 0 Å². The topological polar surface area (TPSA) is 34.9 Å². The molecule has 0 fully saturated rings. The van der Waals surface area contributed by atoms with Crippen LogP contribution in [-0.4, -0.2) is 16.1 Å². The normalized spacial score (nSPS) is 10.4. The van der Waals surface area contributed by atoms with Crippen molar-refractivity contribution in [3.05, 3.63) is 41.3 Å². The van der Waals surface area contributed by atoms with Gasteiger partial charge in [-0.1, -0.05) is 11.6 Å². The summed E-state index contributed by atoms with van der Waals surface area (Å²) >= 11 is 0. The van der Waals surface area contributed by atoms with Gasteiger partial charge in [-0.05, 0) is 19.1 Å². The maximum atomic E-state index is 13.6. The molecular formula is C12H11FN2O. The van der Waals surface area contributed by atoms with E-state index in [0.717, 1.165) is 5.56 Å². The molecule has 16 heavy (non-hydrogen) atoms. The minimum atomic E-state index is -0.368. The lowest BCUT2D eigenvalue weighted by molar-refractivity contribution is 0.112.